The summed E-state index contributed by atoms with van der Waals surface area (Å²) in [6.07, 6.45) is -0.0382. The molecule has 0 fully saturated rings. The summed E-state index contributed by atoms with van der Waals surface area (Å²) >= 11 is 0. The molecule has 1 aromatic rings. The van der Waals surface area contributed by atoms with E-state index in [1.165, 1.54) is 32.2 Å². The first-order chi connectivity index (χ1) is 7.04. The molecule has 1 N–H and O–H groups in total. The number of esters is 1. The molecule has 0 radical (unpaired) electrons. The van der Waals surface area contributed by atoms with Crippen LogP contribution in [0.3, 0.4) is 0 Å². The topological polar surface area (TPSA) is 63.6 Å². The maximum absolute atomic E-state index is 11.1. The van der Waals surface area contributed by atoms with E-state index in [1.807, 2.05) is 0 Å². The van der Waals surface area contributed by atoms with Crippen LogP contribution in [-0.4, -0.2) is 24.0 Å². The zero-order chi connectivity index (χ0) is 11.4. The van der Waals surface area contributed by atoms with Crippen molar-refractivity contribution in [3.63, 3.8) is 0 Å². The van der Waals surface area contributed by atoms with Gasteiger partial charge in [-0.15, -0.1) is 0 Å². The van der Waals surface area contributed by atoms with Gasteiger partial charge in [0.1, 0.15) is 5.75 Å². The van der Waals surface area contributed by atoms with Gasteiger partial charge in [0.2, 0.25) is 0 Å². The third kappa shape index (κ3) is 2.80. The van der Waals surface area contributed by atoms with Crippen LogP contribution in [0.15, 0.2) is 18.2 Å². The molecule has 0 amide bonds. The highest BCUT2D eigenvalue weighted by molar-refractivity contribution is 5.94. The van der Waals surface area contributed by atoms with Crippen LogP contribution in [0.1, 0.15) is 22.8 Å². The van der Waals surface area contributed by atoms with Crippen LogP contribution in [0.25, 0.3) is 0 Å². The monoisotopic (exact) mass is 208 g/mol. The van der Waals surface area contributed by atoms with Crippen LogP contribution >= 0.6 is 0 Å². The van der Waals surface area contributed by atoms with E-state index in [0.29, 0.717) is 11.1 Å². The maximum Gasteiger partial charge on any atom is 0.310 e. The summed E-state index contributed by atoms with van der Waals surface area (Å²) < 4.78 is 4.47. The lowest BCUT2D eigenvalue weighted by molar-refractivity contribution is -0.139. The molecule has 0 atom stereocenters. The van der Waals surface area contributed by atoms with Gasteiger partial charge in [-0.25, -0.2) is 0 Å². The molecule has 0 saturated heterocycles. The van der Waals surface area contributed by atoms with Crippen molar-refractivity contribution in [2.75, 3.05) is 7.11 Å². The number of rotatable bonds is 3. The van der Waals surface area contributed by atoms with E-state index in [4.69, 9.17) is 0 Å². The van der Waals surface area contributed by atoms with Gasteiger partial charge in [0.25, 0.3) is 0 Å². The molecule has 80 valence electrons. The largest absolute Gasteiger partial charge is 0.508 e. The first kappa shape index (κ1) is 11.2. The minimum absolute atomic E-state index is 0.00889. The predicted octanol–water partition coefficient (Wildman–Crippen LogP) is 1.31. The van der Waals surface area contributed by atoms with Crippen molar-refractivity contribution in [1.82, 2.24) is 0 Å². The normalized spacial score (nSPS) is 9.73. The van der Waals surface area contributed by atoms with Crippen molar-refractivity contribution in [1.29, 1.82) is 0 Å². The van der Waals surface area contributed by atoms with Gasteiger partial charge in [-0.2, -0.15) is 0 Å². The quantitative estimate of drug-likeness (QED) is 0.601. The van der Waals surface area contributed by atoms with Gasteiger partial charge in [-0.05, 0) is 25.1 Å². The van der Waals surface area contributed by atoms with Gasteiger partial charge in [0.05, 0.1) is 13.5 Å². The Morgan fingerprint density at radius 2 is 2.07 bits per heavy atom. The van der Waals surface area contributed by atoms with E-state index in [2.05, 4.69) is 4.74 Å². The highest BCUT2D eigenvalue weighted by Crippen LogP contribution is 2.19. The number of benzene rings is 1. The molecule has 0 aliphatic rings. The van der Waals surface area contributed by atoms with E-state index >= 15 is 0 Å². The minimum Gasteiger partial charge on any atom is -0.508 e. The zero-order valence-electron chi connectivity index (χ0n) is 8.61. The number of carbonyl (C=O) groups excluding carboxylic acids is 2. The molecule has 0 saturated carbocycles. The van der Waals surface area contributed by atoms with Gasteiger partial charge < -0.3 is 9.84 Å². The Kier molecular flexibility index (Phi) is 3.44. The molecule has 0 aliphatic heterocycles. The summed E-state index contributed by atoms with van der Waals surface area (Å²) in [6.45, 7) is 1.42. The number of methoxy groups -OCH3 is 1. The highest BCUT2D eigenvalue weighted by Gasteiger charge is 2.10. The Hall–Kier alpha value is -1.84. The fourth-order valence-corrected chi connectivity index (χ4v) is 1.17. The smallest absolute Gasteiger partial charge is 0.310 e. The van der Waals surface area contributed by atoms with Crippen molar-refractivity contribution in [2.24, 2.45) is 0 Å². The average molecular weight is 208 g/mol. The number of hydrogen-bond donors (Lipinski definition) is 1. The summed E-state index contributed by atoms with van der Waals surface area (Å²) in [7, 11) is 1.27. The molecule has 0 heterocycles. The minimum atomic E-state index is -0.453. The van der Waals surface area contributed by atoms with Crippen molar-refractivity contribution in [3.8, 4) is 5.75 Å². The molecule has 15 heavy (non-hydrogen) atoms. The number of phenols is 1. The predicted molar refractivity (Wildman–Crippen MR) is 53.8 cm³/mol. The van der Waals surface area contributed by atoms with Gasteiger partial charge in [0.15, 0.2) is 5.78 Å². The molecule has 0 aromatic heterocycles. The third-order valence-corrected chi connectivity index (χ3v) is 2.05. The molecule has 0 aliphatic carbocycles. The molecule has 0 bridgehead atoms. The number of hydrogen-bond acceptors (Lipinski definition) is 4. The average Bonchev–Trinajstić information content (AvgIpc) is 2.20. The third-order valence-electron chi connectivity index (χ3n) is 2.05. The van der Waals surface area contributed by atoms with Crippen LogP contribution in [0, 0.1) is 0 Å². The van der Waals surface area contributed by atoms with Gasteiger partial charge in [-0.1, -0.05) is 0 Å². The van der Waals surface area contributed by atoms with E-state index in [-0.39, 0.29) is 18.0 Å². The second kappa shape index (κ2) is 4.59. The Balaban J connectivity index is 3.00. The lowest BCUT2D eigenvalue weighted by Crippen LogP contribution is -2.05. The number of carbonyl (C=O) groups is 2. The number of ether oxygens (including phenoxy) is 1. The summed E-state index contributed by atoms with van der Waals surface area (Å²) in [5.41, 5.74) is 0.862. The fourth-order valence-electron chi connectivity index (χ4n) is 1.17. The van der Waals surface area contributed by atoms with E-state index < -0.39 is 5.97 Å². The Labute approximate surface area is 87.5 Å². The number of Topliss-reactive ketones (excluding diaryl/α,β-unsaturated/α-hetero) is 1. The fraction of sp³-hybridized carbons (Fsp3) is 0.273. The first-order valence-corrected chi connectivity index (χ1v) is 4.44. The zero-order valence-corrected chi connectivity index (χ0v) is 8.61. The van der Waals surface area contributed by atoms with E-state index in [9.17, 15) is 14.7 Å². The Morgan fingerprint density at radius 3 is 2.60 bits per heavy atom. The lowest BCUT2D eigenvalue weighted by Gasteiger charge is -2.04. The molecule has 1 aromatic carbocycles. The number of ketones is 1. The molecule has 0 unspecified atom stereocenters. The summed E-state index contributed by atoms with van der Waals surface area (Å²) in [4.78, 5) is 22.1. The van der Waals surface area contributed by atoms with Crippen LogP contribution in [0.4, 0.5) is 0 Å². The van der Waals surface area contributed by atoms with Crippen LogP contribution in [-0.2, 0) is 16.0 Å². The number of phenolic OH excluding ortho intramolecular Hbond substituents is 1. The summed E-state index contributed by atoms with van der Waals surface area (Å²) in [5, 5.41) is 9.44. The second-order valence-corrected chi connectivity index (χ2v) is 3.15. The van der Waals surface area contributed by atoms with Gasteiger partial charge in [-0.3, -0.25) is 9.59 Å². The SMILES string of the molecule is COC(=O)Cc1cc(C(C)=O)ccc1O. The first-order valence-electron chi connectivity index (χ1n) is 4.44. The maximum atomic E-state index is 11.1. The summed E-state index contributed by atoms with van der Waals surface area (Å²) in [5.74, 6) is -0.572. The lowest BCUT2D eigenvalue weighted by atomic mass is 10.0. The van der Waals surface area contributed by atoms with Crippen LogP contribution in [0.2, 0.25) is 0 Å². The standard InChI is InChI=1S/C11H12O4/c1-7(12)8-3-4-10(13)9(5-8)6-11(14)15-2/h3-5,13H,6H2,1-2H3. The second-order valence-electron chi connectivity index (χ2n) is 3.15. The molecule has 1 rings (SSSR count). The highest BCUT2D eigenvalue weighted by atomic mass is 16.5. The van der Waals surface area contributed by atoms with Crippen molar-refractivity contribution < 1.29 is 19.4 Å². The Morgan fingerprint density at radius 1 is 1.40 bits per heavy atom. The Bertz CT molecular complexity index is 396. The van der Waals surface area contributed by atoms with Crippen molar-refractivity contribution in [2.45, 2.75) is 13.3 Å². The van der Waals surface area contributed by atoms with Crippen LogP contribution < -0.4 is 0 Å². The summed E-state index contributed by atoms with van der Waals surface area (Å²) in [6, 6.07) is 4.40. The molecule has 4 heteroatoms. The number of aromatic hydroxyl groups is 1. The van der Waals surface area contributed by atoms with E-state index in [1.54, 1.807) is 0 Å². The molecule has 4 nitrogen and oxygen atoms in total. The van der Waals surface area contributed by atoms with Crippen molar-refractivity contribution >= 4 is 11.8 Å². The molecular weight excluding hydrogens is 196 g/mol. The van der Waals surface area contributed by atoms with Gasteiger partial charge >= 0.3 is 5.97 Å². The van der Waals surface area contributed by atoms with Crippen molar-refractivity contribution in [3.05, 3.63) is 29.3 Å². The van der Waals surface area contributed by atoms with E-state index in [0.717, 1.165) is 0 Å². The van der Waals surface area contributed by atoms with Gasteiger partial charge in [0, 0.05) is 11.1 Å². The van der Waals surface area contributed by atoms with Crippen LogP contribution in [0.5, 0.6) is 5.75 Å². The molecular formula is C11H12O4. The molecule has 0 spiro atoms.